The van der Waals surface area contributed by atoms with Crippen molar-refractivity contribution in [1.29, 1.82) is 0 Å². The summed E-state index contributed by atoms with van der Waals surface area (Å²) in [4.78, 5) is 26.4. The highest BCUT2D eigenvalue weighted by Gasteiger charge is 2.42. The van der Waals surface area contributed by atoms with E-state index in [2.05, 4.69) is 10.2 Å². The van der Waals surface area contributed by atoms with Gasteiger partial charge in [-0.3, -0.25) is 19.8 Å². The number of carbonyl (C=O) groups excluding carboxylic acids is 1. The summed E-state index contributed by atoms with van der Waals surface area (Å²) in [6.45, 7) is 1.85. The summed E-state index contributed by atoms with van der Waals surface area (Å²) in [5.41, 5.74) is -0.0792. The first-order chi connectivity index (χ1) is 14.5. The van der Waals surface area contributed by atoms with Crippen LogP contribution in [0.5, 0.6) is 11.5 Å². The first-order valence-corrected chi connectivity index (χ1v) is 11.0. The molecule has 2 saturated carbocycles. The Kier molecular flexibility index (Phi) is 6.13. The maximum atomic E-state index is 13.0. The lowest BCUT2D eigenvalue weighted by Gasteiger charge is -2.47. The van der Waals surface area contributed by atoms with E-state index in [1.165, 1.54) is 64.9 Å². The molecule has 0 spiro atoms. The molecule has 0 radical (unpaired) electrons. The number of nitro benzene ring substituents is 1. The topological polar surface area (TPSA) is 93.9 Å². The van der Waals surface area contributed by atoms with Crippen molar-refractivity contribution in [2.75, 3.05) is 27.3 Å². The predicted octanol–water partition coefficient (Wildman–Crippen LogP) is 3.38. The Morgan fingerprint density at radius 1 is 1.07 bits per heavy atom. The van der Waals surface area contributed by atoms with Gasteiger partial charge in [-0.05, 0) is 43.9 Å². The molecule has 1 amide bonds. The lowest BCUT2D eigenvalue weighted by molar-refractivity contribution is -0.385. The molecule has 1 N–H and O–H groups in total. The van der Waals surface area contributed by atoms with Crippen LogP contribution in [0.1, 0.15) is 55.3 Å². The molecule has 0 aromatic heterocycles. The smallest absolute Gasteiger partial charge is 0.311 e. The second-order valence-electron chi connectivity index (χ2n) is 8.81. The van der Waals surface area contributed by atoms with Gasteiger partial charge in [0.1, 0.15) is 5.75 Å². The minimum atomic E-state index is -0.547. The maximum absolute atomic E-state index is 13.0. The fourth-order valence-electron chi connectivity index (χ4n) is 5.88. The fourth-order valence-corrected chi connectivity index (χ4v) is 5.88. The van der Waals surface area contributed by atoms with Crippen LogP contribution in [-0.4, -0.2) is 55.1 Å². The third kappa shape index (κ3) is 3.97. The molecule has 1 atom stereocenters. The summed E-state index contributed by atoms with van der Waals surface area (Å²) in [6, 6.07) is 3.35. The number of carbonyl (C=O) groups is 1. The van der Waals surface area contributed by atoms with E-state index < -0.39 is 4.92 Å². The second kappa shape index (κ2) is 8.79. The number of amides is 1. The second-order valence-corrected chi connectivity index (χ2v) is 8.81. The van der Waals surface area contributed by atoms with Gasteiger partial charge < -0.3 is 14.8 Å². The third-order valence-corrected chi connectivity index (χ3v) is 7.18. The van der Waals surface area contributed by atoms with E-state index in [1.54, 1.807) is 0 Å². The Hall–Kier alpha value is -2.35. The van der Waals surface area contributed by atoms with Gasteiger partial charge in [0.25, 0.3) is 5.91 Å². The molecule has 164 valence electrons. The van der Waals surface area contributed by atoms with E-state index in [0.717, 1.165) is 31.3 Å². The van der Waals surface area contributed by atoms with Crippen molar-refractivity contribution < 1.29 is 19.2 Å². The molecule has 1 aromatic rings. The number of hydrogen-bond donors (Lipinski definition) is 1. The quantitative estimate of drug-likeness (QED) is 0.563. The van der Waals surface area contributed by atoms with Crippen LogP contribution in [0.25, 0.3) is 0 Å². The number of nitrogens with one attached hydrogen (secondary N) is 1. The van der Waals surface area contributed by atoms with Gasteiger partial charge in [-0.1, -0.05) is 12.8 Å². The van der Waals surface area contributed by atoms with Crippen molar-refractivity contribution in [2.24, 2.45) is 11.8 Å². The summed E-state index contributed by atoms with van der Waals surface area (Å²) in [7, 11) is 2.80. The molecular formula is C22H31N3O5. The number of fused-ring (bicyclic) bond motifs is 2. The average Bonchev–Trinajstić information content (AvgIpc) is 3.20. The summed E-state index contributed by atoms with van der Waals surface area (Å²) in [5, 5.41) is 14.4. The summed E-state index contributed by atoms with van der Waals surface area (Å²) in [5.74, 6) is 1.61. The molecule has 1 saturated heterocycles. The first kappa shape index (κ1) is 20.9. The van der Waals surface area contributed by atoms with Crippen LogP contribution in [0, 0.1) is 22.0 Å². The molecule has 8 heteroatoms. The number of methoxy groups -OCH3 is 2. The van der Waals surface area contributed by atoms with Crippen LogP contribution < -0.4 is 14.8 Å². The molecular weight excluding hydrogens is 386 g/mol. The van der Waals surface area contributed by atoms with Crippen molar-refractivity contribution >= 4 is 11.6 Å². The third-order valence-electron chi connectivity index (χ3n) is 7.18. The van der Waals surface area contributed by atoms with Crippen molar-refractivity contribution in [3.05, 3.63) is 27.8 Å². The predicted molar refractivity (Wildman–Crippen MR) is 112 cm³/mol. The molecule has 2 bridgehead atoms. The molecule has 1 heterocycles. The SMILES string of the molecule is COc1cc(OC)c([N+](=O)[O-])cc1C(=O)NC1CCN(C2C3CCCC2CCC3)C1. The highest BCUT2D eigenvalue weighted by atomic mass is 16.6. The largest absolute Gasteiger partial charge is 0.496 e. The maximum Gasteiger partial charge on any atom is 0.311 e. The van der Waals surface area contributed by atoms with Crippen LogP contribution in [0.2, 0.25) is 0 Å². The standard InChI is InChI=1S/C22H31N3O5/c1-29-19-12-20(30-2)18(25(27)28)11-17(19)22(26)23-16-9-10-24(13-16)21-14-5-3-6-15(21)8-4-7-14/h11-12,14-16,21H,3-10,13H2,1-2H3,(H,23,26). The van der Waals surface area contributed by atoms with E-state index in [4.69, 9.17) is 9.47 Å². The number of benzene rings is 1. The summed E-state index contributed by atoms with van der Waals surface area (Å²) >= 11 is 0. The molecule has 1 unspecified atom stereocenters. The normalized spacial score (nSPS) is 28.7. The van der Waals surface area contributed by atoms with E-state index in [9.17, 15) is 14.9 Å². The Bertz CT molecular complexity index is 792. The molecule has 30 heavy (non-hydrogen) atoms. The number of nitrogens with zero attached hydrogens (tertiary/aromatic N) is 2. The van der Waals surface area contributed by atoms with Gasteiger partial charge in [-0.15, -0.1) is 0 Å². The van der Waals surface area contributed by atoms with E-state index in [-0.39, 0.29) is 34.7 Å². The summed E-state index contributed by atoms with van der Waals surface area (Å²) < 4.78 is 10.4. The number of nitro groups is 1. The zero-order valence-corrected chi connectivity index (χ0v) is 17.8. The van der Waals surface area contributed by atoms with E-state index in [0.29, 0.717) is 6.04 Å². The lowest BCUT2D eigenvalue weighted by Crippen LogP contribution is -2.50. The van der Waals surface area contributed by atoms with Gasteiger partial charge in [0.05, 0.1) is 24.7 Å². The highest BCUT2D eigenvalue weighted by molar-refractivity contribution is 5.98. The monoisotopic (exact) mass is 417 g/mol. The van der Waals surface area contributed by atoms with Gasteiger partial charge >= 0.3 is 5.69 Å². The van der Waals surface area contributed by atoms with Crippen LogP contribution >= 0.6 is 0 Å². The Morgan fingerprint density at radius 3 is 2.27 bits per heavy atom. The minimum Gasteiger partial charge on any atom is -0.496 e. The van der Waals surface area contributed by atoms with Crippen LogP contribution in [0.3, 0.4) is 0 Å². The molecule has 3 aliphatic rings. The zero-order valence-electron chi connectivity index (χ0n) is 17.8. The first-order valence-electron chi connectivity index (χ1n) is 11.0. The molecule has 3 fully saturated rings. The van der Waals surface area contributed by atoms with Crippen molar-refractivity contribution in [3.63, 3.8) is 0 Å². The number of hydrogen-bond acceptors (Lipinski definition) is 6. The van der Waals surface area contributed by atoms with E-state index in [1.807, 2.05) is 0 Å². The van der Waals surface area contributed by atoms with E-state index >= 15 is 0 Å². The van der Waals surface area contributed by atoms with Gasteiger partial charge in [-0.25, -0.2) is 0 Å². The van der Waals surface area contributed by atoms with Crippen molar-refractivity contribution in [2.45, 2.75) is 57.0 Å². The van der Waals surface area contributed by atoms with Crippen LogP contribution in [0.15, 0.2) is 12.1 Å². The molecule has 4 rings (SSSR count). The Morgan fingerprint density at radius 2 is 1.70 bits per heavy atom. The van der Waals surface area contributed by atoms with Gasteiger partial charge in [0.15, 0.2) is 0 Å². The highest BCUT2D eigenvalue weighted by Crippen LogP contribution is 2.43. The van der Waals surface area contributed by atoms with Crippen LogP contribution in [0.4, 0.5) is 5.69 Å². The fraction of sp³-hybridized carbons (Fsp3) is 0.682. The lowest BCUT2D eigenvalue weighted by atomic mass is 9.68. The van der Waals surface area contributed by atoms with Crippen molar-refractivity contribution in [1.82, 2.24) is 10.2 Å². The van der Waals surface area contributed by atoms with Crippen molar-refractivity contribution in [3.8, 4) is 11.5 Å². The average molecular weight is 418 g/mol. The summed E-state index contributed by atoms with van der Waals surface area (Å²) in [6.07, 6.45) is 8.96. The molecule has 8 nitrogen and oxygen atoms in total. The van der Waals surface area contributed by atoms with Gasteiger partial charge in [0, 0.05) is 37.3 Å². The van der Waals surface area contributed by atoms with Crippen LogP contribution in [-0.2, 0) is 0 Å². The number of rotatable bonds is 6. The number of likely N-dealkylation sites (tertiary alicyclic amines) is 1. The van der Waals surface area contributed by atoms with Gasteiger partial charge in [0.2, 0.25) is 5.75 Å². The molecule has 2 aliphatic carbocycles. The zero-order chi connectivity index (χ0) is 21.3. The Labute approximate surface area is 177 Å². The van der Waals surface area contributed by atoms with Gasteiger partial charge in [-0.2, -0.15) is 0 Å². The molecule has 1 aromatic carbocycles. The molecule has 1 aliphatic heterocycles. The Balaban J connectivity index is 1.46. The minimum absolute atomic E-state index is 0.0472. The number of ether oxygens (including phenoxy) is 2.